The van der Waals surface area contributed by atoms with Crippen molar-refractivity contribution in [3.63, 3.8) is 0 Å². The van der Waals surface area contributed by atoms with Crippen LogP contribution in [-0.4, -0.2) is 28.2 Å². The summed E-state index contributed by atoms with van der Waals surface area (Å²) in [4.78, 5) is 18.8. The second kappa shape index (κ2) is 6.59. The second-order valence-electron chi connectivity index (χ2n) is 3.80. The molecule has 0 atom stereocenters. The van der Waals surface area contributed by atoms with Crippen LogP contribution in [0.1, 0.15) is 0 Å². The zero-order valence-corrected chi connectivity index (χ0v) is 12.7. The molecule has 0 aliphatic rings. The minimum atomic E-state index is -0.559. The normalized spacial score (nSPS) is 10.2. The van der Waals surface area contributed by atoms with Gasteiger partial charge >= 0.3 is 5.69 Å². The molecule has 0 saturated carbocycles. The molecule has 110 valence electrons. The topological polar surface area (TPSA) is 90.2 Å². The summed E-state index contributed by atoms with van der Waals surface area (Å²) < 4.78 is 5.51. The van der Waals surface area contributed by atoms with Gasteiger partial charge in [0.1, 0.15) is 5.82 Å². The summed E-state index contributed by atoms with van der Waals surface area (Å²) in [6.45, 7) is 0. The zero-order valence-electron chi connectivity index (χ0n) is 11.2. The van der Waals surface area contributed by atoms with E-state index in [4.69, 9.17) is 16.3 Å². The Morgan fingerprint density at radius 3 is 2.76 bits per heavy atom. The van der Waals surface area contributed by atoms with Crippen molar-refractivity contribution in [3.05, 3.63) is 39.4 Å². The van der Waals surface area contributed by atoms with Crippen LogP contribution in [0.4, 0.5) is 11.5 Å². The molecule has 0 aliphatic carbocycles. The van der Waals surface area contributed by atoms with Gasteiger partial charge in [-0.15, -0.1) is 0 Å². The number of nitrogens with one attached hydrogen (secondary N) is 1. The highest BCUT2D eigenvalue weighted by atomic mass is 35.5. The molecule has 0 unspecified atom stereocenters. The minimum absolute atomic E-state index is 0.0669. The number of rotatable bonds is 5. The van der Waals surface area contributed by atoms with Crippen LogP contribution >= 0.6 is 23.4 Å². The summed E-state index contributed by atoms with van der Waals surface area (Å²) in [5.41, 5.74) is -0.224. The number of nitro benzene ring substituents is 1. The van der Waals surface area contributed by atoms with Gasteiger partial charge < -0.3 is 10.1 Å². The van der Waals surface area contributed by atoms with Gasteiger partial charge in [-0.25, -0.2) is 4.98 Å². The standard InChI is InChI=1S/C12H11ClN4O3S/c1-14-10-6-11(16-12(15-10)21-2)20-9-4-3-7(13)5-8(9)17(18)19/h3-6H,1-2H3,(H,14,15,16). The number of hydrogen-bond acceptors (Lipinski definition) is 7. The van der Waals surface area contributed by atoms with E-state index in [1.165, 1.54) is 30.0 Å². The molecule has 0 bridgehead atoms. The van der Waals surface area contributed by atoms with Crippen LogP contribution in [0, 0.1) is 10.1 Å². The van der Waals surface area contributed by atoms with Crippen molar-refractivity contribution < 1.29 is 9.66 Å². The van der Waals surface area contributed by atoms with Crippen LogP contribution < -0.4 is 10.1 Å². The van der Waals surface area contributed by atoms with E-state index in [1.807, 2.05) is 6.26 Å². The number of aromatic nitrogens is 2. The molecule has 0 aliphatic heterocycles. The summed E-state index contributed by atoms with van der Waals surface area (Å²) in [6, 6.07) is 5.73. The lowest BCUT2D eigenvalue weighted by Crippen LogP contribution is -1.99. The number of benzene rings is 1. The van der Waals surface area contributed by atoms with Gasteiger partial charge in [-0.1, -0.05) is 23.4 Å². The van der Waals surface area contributed by atoms with Crippen molar-refractivity contribution in [1.82, 2.24) is 9.97 Å². The first-order valence-corrected chi connectivity index (χ1v) is 7.36. The third kappa shape index (κ3) is 3.73. The Morgan fingerprint density at radius 2 is 2.14 bits per heavy atom. The molecule has 7 nitrogen and oxygen atoms in total. The number of ether oxygens (including phenoxy) is 1. The van der Waals surface area contributed by atoms with E-state index in [-0.39, 0.29) is 22.3 Å². The number of anilines is 1. The van der Waals surface area contributed by atoms with Gasteiger partial charge in [0.05, 0.1) is 4.92 Å². The van der Waals surface area contributed by atoms with E-state index in [9.17, 15) is 10.1 Å². The van der Waals surface area contributed by atoms with E-state index in [2.05, 4.69) is 15.3 Å². The van der Waals surface area contributed by atoms with Crippen LogP contribution in [0.5, 0.6) is 11.6 Å². The predicted octanol–water partition coefficient (Wildman–Crippen LogP) is 3.59. The SMILES string of the molecule is CNc1cc(Oc2ccc(Cl)cc2[N+](=O)[O-])nc(SC)n1. The molecule has 9 heteroatoms. The number of nitrogens with zero attached hydrogens (tertiary/aromatic N) is 3. The average Bonchev–Trinajstić information content (AvgIpc) is 2.48. The first kappa shape index (κ1) is 15.3. The summed E-state index contributed by atoms with van der Waals surface area (Å²) >= 11 is 7.10. The third-order valence-electron chi connectivity index (χ3n) is 2.45. The molecule has 1 aromatic heterocycles. The smallest absolute Gasteiger partial charge is 0.313 e. The molecule has 0 saturated heterocycles. The Balaban J connectivity index is 2.40. The lowest BCUT2D eigenvalue weighted by atomic mass is 10.3. The van der Waals surface area contributed by atoms with Crippen molar-refractivity contribution >= 4 is 34.9 Å². The van der Waals surface area contributed by atoms with Crippen LogP contribution in [0.25, 0.3) is 0 Å². The maximum absolute atomic E-state index is 11.0. The predicted molar refractivity (Wildman–Crippen MR) is 81.5 cm³/mol. The highest BCUT2D eigenvalue weighted by molar-refractivity contribution is 7.98. The number of nitro groups is 1. The Hall–Kier alpha value is -2.06. The van der Waals surface area contributed by atoms with E-state index in [0.717, 1.165) is 0 Å². The van der Waals surface area contributed by atoms with Gasteiger partial charge in [-0.3, -0.25) is 10.1 Å². The zero-order chi connectivity index (χ0) is 15.4. The van der Waals surface area contributed by atoms with Crippen LogP contribution in [0.2, 0.25) is 5.02 Å². The molecule has 1 aromatic carbocycles. The molecule has 0 radical (unpaired) electrons. The highest BCUT2D eigenvalue weighted by Crippen LogP contribution is 2.33. The lowest BCUT2D eigenvalue weighted by molar-refractivity contribution is -0.385. The van der Waals surface area contributed by atoms with Crippen LogP contribution in [-0.2, 0) is 0 Å². The number of halogens is 1. The average molecular weight is 327 g/mol. The summed E-state index contributed by atoms with van der Waals surface area (Å²) in [7, 11) is 1.71. The van der Waals surface area contributed by atoms with E-state index in [1.54, 1.807) is 13.1 Å². The molecular weight excluding hydrogens is 316 g/mol. The van der Waals surface area contributed by atoms with E-state index in [0.29, 0.717) is 11.0 Å². The summed E-state index contributed by atoms with van der Waals surface area (Å²) in [5.74, 6) is 0.835. The first-order chi connectivity index (χ1) is 10.0. The molecule has 2 aromatic rings. The fraction of sp³-hybridized carbons (Fsp3) is 0.167. The van der Waals surface area contributed by atoms with Crippen molar-refractivity contribution in [3.8, 4) is 11.6 Å². The summed E-state index contributed by atoms with van der Waals surface area (Å²) in [5, 5.41) is 14.7. The maximum Gasteiger partial charge on any atom is 0.313 e. The Bertz CT molecular complexity index is 661. The quantitative estimate of drug-likeness (QED) is 0.388. The van der Waals surface area contributed by atoms with Crippen molar-refractivity contribution in [1.29, 1.82) is 0 Å². The second-order valence-corrected chi connectivity index (χ2v) is 5.01. The van der Waals surface area contributed by atoms with Crippen molar-refractivity contribution in [2.75, 3.05) is 18.6 Å². The molecule has 0 fully saturated rings. The maximum atomic E-state index is 11.0. The van der Waals surface area contributed by atoms with Gasteiger partial charge in [0.15, 0.2) is 5.16 Å². The molecule has 1 heterocycles. The summed E-state index contributed by atoms with van der Waals surface area (Å²) in [6.07, 6.45) is 1.82. The van der Waals surface area contributed by atoms with Gasteiger partial charge in [-0.05, 0) is 18.4 Å². The largest absolute Gasteiger partial charge is 0.432 e. The monoisotopic (exact) mass is 326 g/mol. The van der Waals surface area contributed by atoms with Gasteiger partial charge in [-0.2, -0.15) is 4.98 Å². The van der Waals surface area contributed by atoms with Crippen LogP contribution in [0.3, 0.4) is 0 Å². The minimum Gasteiger partial charge on any atom is -0.432 e. The van der Waals surface area contributed by atoms with E-state index < -0.39 is 4.92 Å². The number of thioether (sulfide) groups is 1. The van der Waals surface area contributed by atoms with Gasteiger partial charge in [0.2, 0.25) is 11.6 Å². The molecule has 21 heavy (non-hydrogen) atoms. The first-order valence-electron chi connectivity index (χ1n) is 5.76. The fourth-order valence-electron chi connectivity index (χ4n) is 1.51. The molecule has 1 N–H and O–H groups in total. The fourth-order valence-corrected chi connectivity index (χ4v) is 2.04. The van der Waals surface area contributed by atoms with Crippen molar-refractivity contribution in [2.24, 2.45) is 0 Å². The Morgan fingerprint density at radius 1 is 1.38 bits per heavy atom. The van der Waals surface area contributed by atoms with Crippen LogP contribution in [0.15, 0.2) is 29.4 Å². The number of hydrogen-bond donors (Lipinski definition) is 1. The lowest BCUT2D eigenvalue weighted by Gasteiger charge is -2.08. The van der Waals surface area contributed by atoms with Crippen molar-refractivity contribution in [2.45, 2.75) is 5.16 Å². The highest BCUT2D eigenvalue weighted by Gasteiger charge is 2.17. The van der Waals surface area contributed by atoms with Gasteiger partial charge in [0.25, 0.3) is 0 Å². The van der Waals surface area contributed by atoms with E-state index >= 15 is 0 Å². The third-order valence-corrected chi connectivity index (χ3v) is 3.24. The molecular formula is C12H11ClN4O3S. The van der Waals surface area contributed by atoms with Gasteiger partial charge in [0, 0.05) is 24.2 Å². The molecule has 0 spiro atoms. The molecule has 2 rings (SSSR count). The molecule has 0 amide bonds. The Kier molecular flexibility index (Phi) is 4.81. The Labute approximate surface area is 129 Å².